The third kappa shape index (κ3) is 5.66. The van der Waals surface area contributed by atoms with Crippen LogP contribution in [0, 0.1) is 0 Å². The van der Waals surface area contributed by atoms with Crippen LogP contribution in [0.4, 0.5) is 4.79 Å². The average Bonchev–Trinajstić information content (AvgIpc) is 1.85. The van der Waals surface area contributed by atoms with E-state index >= 15 is 0 Å². The summed E-state index contributed by atoms with van der Waals surface area (Å²) in [6.45, 7) is 0. The van der Waals surface area contributed by atoms with Crippen molar-refractivity contribution in [1.29, 1.82) is 0 Å². The lowest BCUT2D eigenvalue weighted by Crippen LogP contribution is -2.27. The zero-order valence-electron chi connectivity index (χ0n) is 7.08. The molecule has 0 heterocycles. The van der Waals surface area contributed by atoms with E-state index in [9.17, 15) is 4.79 Å². The summed E-state index contributed by atoms with van der Waals surface area (Å²) in [4.78, 5) is 10.7. The van der Waals surface area contributed by atoms with E-state index in [1.165, 1.54) is 33.4 Å². The Kier molecular flexibility index (Phi) is 4.61. The number of hydrogen-bond donors (Lipinski definition) is 2. The number of carboxylic acid groups (broad SMARTS) is 1. The second-order valence-corrected chi connectivity index (χ2v) is 2.87. The third-order valence-corrected chi connectivity index (χ3v) is 1.53. The van der Waals surface area contributed by atoms with Gasteiger partial charge in [0.15, 0.2) is 0 Å². The van der Waals surface area contributed by atoms with Crippen LogP contribution in [0.15, 0.2) is 0 Å². The van der Waals surface area contributed by atoms with E-state index < -0.39 is 6.09 Å². The Morgan fingerprint density at radius 2 is 1.82 bits per heavy atom. The number of nitrogens with two attached hydrogens (primary N) is 1. The minimum Gasteiger partial charge on any atom is -0.465 e. The van der Waals surface area contributed by atoms with Gasteiger partial charge in [-0.05, 0) is 12.8 Å². The van der Waals surface area contributed by atoms with Gasteiger partial charge in [-0.1, -0.05) is 6.42 Å². The molecule has 0 radical (unpaired) electrons. The van der Waals surface area contributed by atoms with E-state index in [2.05, 4.69) is 0 Å². The molecule has 0 spiro atoms. The summed E-state index contributed by atoms with van der Waals surface area (Å²) >= 11 is 0. The van der Waals surface area contributed by atoms with Crippen LogP contribution in [-0.2, 0) is 0 Å². The topological polar surface area (TPSA) is 66.6 Å². The molecule has 66 valence electrons. The van der Waals surface area contributed by atoms with Crippen molar-refractivity contribution in [3.05, 3.63) is 0 Å². The van der Waals surface area contributed by atoms with Gasteiger partial charge in [-0.25, -0.2) is 4.79 Å². The van der Waals surface area contributed by atoms with Crippen molar-refractivity contribution in [3.63, 3.8) is 0 Å². The number of carbonyl (C=O) groups is 1. The lowest BCUT2D eigenvalue weighted by molar-refractivity contribution is 0.165. The van der Waals surface area contributed by atoms with E-state index in [0.29, 0.717) is 6.04 Å². The van der Waals surface area contributed by atoms with Gasteiger partial charge in [-0.2, -0.15) is 0 Å². The fourth-order valence-electron chi connectivity index (χ4n) is 0.440. The summed E-state index contributed by atoms with van der Waals surface area (Å²) in [5, 5.41) is 7.92. The first-order valence-electron chi connectivity index (χ1n) is 3.70. The highest BCUT2D eigenvalue weighted by Crippen LogP contribution is 2.14. The molecule has 0 bridgehead atoms. The van der Waals surface area contributed by atoms with Gasteiger partial charge in [0.25, 0.3) is 0 Å². The highest BCUT2D eigenvalue weighted by Gasteiger charge is 2.09. The SMILES string of the molecule is CN(C)C(=O)O.NC1CCC1. The molecule has 0 aromatic rings. The smallest absolute Gasteiger partial charge is 0.406 e. The van der Waals surface area contributed by atoms with E-state index in [4.69, 9.17) is 10.8 Å². The van der Waals surface area contributed by atoms with Crippen LogP contribution in [-0.4, -0.2) is 36.2 Å². The molecule has 1 amide bonds. The van der Waals surface area contributed by atoms with Gasteiger partial charge in [0.1, 0.15) is 0 Å². The van der Waals surface area contributed by atoms with Crippen molar-refractivity contribution in [1.82, 2.24) is 4.90 Å². The molecule has 1 aliphatic carbocycles. The Labute approximate surface area is 67.0 Å². The maximum absolute atomic E-state index is 9.62. The summed E-state index contributed by atoms with van der Waals surface area (Å²) in [6.07, 6.45) is 2.98. The molecule has 0 atom stereocenters. The molecule has 0 unspecified atom stereocenters. The second-order valence-electron chi connectivity index (χ2n) is 2.87. The van der Waals surface area contributed by atoms with Gasteiger partial charge in [0.05, 0.1) is 0 Å². The monoisotopic (exact) mass is 160 g/mol. The first-order valence-corrected chi connectivity index (χ1v) is 3.70. The van der Waals surface area contributed by atoms with E-state index in [1.54, 1.807) is 0 Å². The zero-order chi connectivity index (χ0) is 8.85. The van der Waals surface area contributed by atoms with Gasteiger partial charge in [0, 0.05) is 20.1 Å². The molecular weight excluding hydrogens is 144 g/mol. The highest BCUT2D eigenvalue weighted by molar-refractivity contribution is 5.63. The van der Waals surface area contributed by atoms with E-state index in [0.717, 1.165) is 4.90 Å². The lowest BCUT2D eigenvalue weighted by atomic mass is 9.95. The molecule has 1 saturated carbocycles. The maximum Gasteiger partial charge on any atom is 0.406 e. The molecule has 0 saturated heterocycles. The number of hydrogen-bond acceptors (Lipinski definition) is 2. The summed E-state index contributed by atoms with van der Waals surface area (Å²) in [5.41, 5.74) is 5.38. The molecule has 4 heteroatoms. The third-order valence-electron chi connectivity index (χ3n) is 1.53. The lowest BCUT2D eigenvalue weighted by Gasteiger charge is -2.18. The molecule has 4 nitrogen and oxygen atoms in total. The minimum atomic E-state index is -0.907. The van der Waals surface area contributed by atoms with Crippen molar-refractivity contribution in [2.75, 3.05) is 14.1 Å². The quantitative estimate of drug-likeness (QED) is 0.548. The van der Waals surface area contributed by atoms with Crippen LogP contribution in [0.5, 0.6) is 0 Å². The normalized spacial score (nSPS) is 15.9. The Morgan fingerprint density at radius 1 is 1.55 bits per heavy atom. The maximum atomic E-state index is 9.62. The minimum absolute atomic E-state index is 0.565. The van der Waals surface area contributed by atoms with Crippen molar-refractivity contribution in [2.24, 2.45) is 5.73 Å². The Balaban J connectivity index is 0.000000183. The number of rotatable bonds is 0. The van der Waals surface area contributed by atoms with Gasteiger partial charge < -0.3 is 15.7 Å². The number of amides is 1. The van der Waals surface area contributed by atoms with Crippen LogP contribution in [0.1, 0.15) is 19.3 Å². The molecule has 0 aromatic carbocycles. The summed E-state index contributed by atoms with van der Waals surface area (Å²) in [6, 6.07) is 0.565. The Bertz CT molecular complexity index is 122. The van der Waals surface area contributed by atoms with Crippen LogP contribution < -0.4 is 5.73 Å². The first-order chi connectivity index (χ1) is 5.04. The standard InChI is InChI=1S/C4H9N.C3H7NO2/c5-4-2-1-3-4;1-4(2)3(5)6/h4H,1-3,5H2;1-2H3,(H,5,6). The Morgan fingerprint density at radius 3 is 1.82 bits per heavy atom. The summed E-state index contributed by atoms with van der Waals surface area (Å²) < 4.78 is 0. The number of nitrogens with zero attached hydrogens (tertiary/aromatic N) is 1. The summed E-state index contributed by atoms with van der Waals surface area (Å²) in [7, 11) is 2.95. The molecule has 0 aromatic heterocycles. The highest BCUT2D eigenvalue weighted by atomic mass is 16.4. The molecular formula is C7H16N2O2. The van der Waals surface area contributed by atoms with Crippen LogP contribution in [0.3, 0.4) is 0 Å². The average molecular weight is 160 g/mol. The van der Waals surface area contributed by atoms with Crippen LogP contribution in [0.2, 0.25) is 0 Å². The van der Waals surface area contributed by atoms with Gasteiger partial charge in [-0.15, -0.1) is 0 Å². The molecule has 3 N–H and O–H groups in total. The fraction of sp³-hybridized carbons (Fsp3) is 0.857. The molecule has 11 heavy (non-hydrogen) atoms. The fourth-order valence-corrected chi connectivity index (χ4v) is 0.440. The van der Waals surface area contributed by atoms with Crippen molar-refractivity contribution < 1.29 is 9.90 Å². The van der Waals surface area contributed by atoms with Crippen molar-refractivity contribution in [2.45, 2.75) is 25.3 Å². The zero-order valence-corrected chi connectivity index (χ0v) is 7.08. The van der Waals surface area contributed by atoms with Crippen LogP contribution >= 0.6 is 0 Å². The first kappa shape index (κ1) is 10.2. The van der Waals surface area contributed by atoms with Crippen LogP contribution in [0.25, 0.3) is 0 Å². The second kappa shape index (κ2) is 4.96. The van der Waals surface area contributed by atoms with Crippen molar-refractivity contribution >= 4 is 6.09 Å². The van der Waals surface area contributed by atoms with Gasteiger partial charge >= 0.3 is 6.09 Å². The van der Waals surface area contributed by atoms with Gasteiger partial charge in [-0.3, -0.25) is 0 Å². The van der Waals surface area contributed by atoms with E-state index in [1.807, 2.05) is 0 Å². The molecule has 0 aliphatic heterocycles. The largest absolute Gasteiger partial charge is 0.465 e. The van der Waals surface area contributed by atoms with E-state index in [-0.39, 0.29) is 0 Å². The summed E-state index contributed by atoms with van der Waals surface area (Å²) in [5.74, 6) is 0. The Hall–Kier alpha value is -0.770. The molecule has 1 fully saturated rings. The predicted octanol–water partition coefficient (Wildman–Crippen LogP) is 0.724. The van der Waals surface area contributed by atoms with Crippen molar-refractivity contribution in [3.8, 4) is 0 Å². The van der Waals surface area contributed by atoms with Gasteiger partial charge in [0.2, 0.25) is 0 Å². The molecule has 1 aliphatic rings. The predicted molar refractivity (Wildman–Crippen MR) is 43.5 cm³/mol. The molecule has 1 rings (SSSR count).